The van der Waals surface area contributed by atoms with Crippen LogP contribution in [0.5, 0.6) is 0 Å². The smallest absolute Gasteiger partial charge is 0.305 e. The fraction of sp³-hybridized carbons (Fsp3) is 0.412. The van der Waals surface area contributed by atoms with E-state index < -0.39 is 66.1 Å². The van der Waals surface area contributed by atoms with Crippen molar-refractivity contribution < 1.29 is 40.8 Å². The molecule has 4 rings (SSSR count). The van der Waals surface area contributed by atoms with E-state index in [4.69, 9.17) is 22.8 Å². The molecule has 0 bridgehead atoms. The van der Waals surface area contributed by atoms with E-state index in [0.717, 1.165) is 29.8 Å². The molecule has 0 N–H and O–H groups in total. The van der Waals surface area contributed by atoms with Crippen LogP contribution in [0.25, 0.3) is 10.4 Å². The van der Waals surface area contributed by atoms with Crippen molar-refractivity contribution in [2.75, 3.05) is 13.2 Å². The molecule has 4 atom stereocenters. The maximum atomic E-state index is 13.2. The average Bonchev–Trinajstić information content (AvgIpc) is 3.28. The van der Waals surface area contributed by atoms with E-state index in [-0.39, 0.29) is 17.9 Å². The van der Waals surface area contributed by atoms with Crippen LogP contribution in [0.4, 0.5) is 0 Å². The first-order valence-corrected chi connectivity index (χ1v) is 18.7. The number of azide groups is 1. The van der Waals surface area contributed by atoms with E-state index in [2.05, 4.69) is 30.8 Å². The van der Waals surface area contributed by atoms with E-state index in [0.29, 0.717) is 0 Å². The summed E-state index contributed by atoms with van der Waals surface area (Å²) in [5, 5.41) is 5.40. The van der Waals surface area contributed by atoms with Crippen LogP contribution in [0.3, 0.4) is 0 Å². The SMILES string of the molecule is CC(=O)OC1O[C@](CCOS(=O)(=O)c2ccc(C)cc2)(CO[Si](c2ccccc2)(c2ccccc2)C(C)(C)C)[C@@H](N=[N+]=[N-])[C@H]1OC(C)=O. The van der Waals surface area contributed by atoms with Gasteiger partial charge in [0.05, 0.1) is 18.1 Å². The normalized spacial score (nSPS) is 21.2. The van der Waals surface area contributed by atoms with E-state index in [1.807, 2.05) is 67.6 Å². The fourth-order valence-electron chi connectivity index (χ4n) is 6.10. The molecule has 1 aliphatic rings. The fourth-order valence-corrected chi connectivity index (χ4v) is 11.6. The van der Waals surface area contributed by atoms with Gasteiger partial charge in [-0.2, -0.15) is 8.42 Å². The zero-order valence-electron chi connectivity index (χ0n) is 27.9. The Hall–Kier alpha value is -4.04. The van der Waals surface area contributed by atoms with Gasteiger partial charge < -0.3 is 18.6 Å². The predicted molar refractivity (Wildman–Crippen MR) is 180 cm³/mol. The molecule has 3 aromatic carbocycles. The summed E-state index contributed by atoms with van der Waals surface area (Å²) >= 11 is 0. The van der Waals surface area contributed by atoms with Crippen molar-refractivity contribution in [3.05, 3.63) is 101 Å². The number of hydrogen-bond acceptors (Lipinski definition) is 10. The van der Waals surface area contributed by atoms with Crippen LogP contribution < -0.4 is 10.4 Å². The van der Waals surface area contributed by atoms with Crippen LogP contribution >= 0.6 is 0 Å². The molecule has 14 heteroatoms. The summed E-state index contributed by atoms with van der Waals surface area (Å²) in [6.07, 6.45) is -3.06. The second kappa shape index (κ2) is 15.0. The molecule has 0 radical (unpaired) electrons. The lowest BCUT2D eigenvalue weighted by molar-refractivity contribution is -0.209. The first-order chi connectivity index (χ1) is 22.6. The minimum Gasteiger partial charge on any atom is -0.455 e. The molecule has 48 heavy (non-hydrogen) atoms. The first-order valence-electron chi connectivity index (χ1n) is 15.4. The van der Waals surface area contributed by atoms with Gasteiger partial charge in [0.25, 0.3) is 18.4 Å². The molecule has 0 amide bonds. The topological polar surface area (TPSA) is 163 Å². The molecular weight excluding hydrogens is 655 g/mol. The third-order valence-electron chi connectivity index (χ3n) is 8.25. The summed E-state index contributed by atoms with van der Waals surface area (Å²) in [5.74, 6) is -1.47. The Morgan fingerprint density at radius 2 is 1.46 bits per heavy atom. The van der Waals surface area contributed by atoms with Gasteiger partial charge in [-0.25, -0.2) is 0 Å². The third-order valence-corrected chi connectivity index (χ3v) is 14.6. The lowest BCUT2D eigenvalue weighted by Crippen LogP contribution is -2.68. The van der Waals surface area contributed by atoms with Crippen molar-refractivity contribution in [2.24, 2.45) is 5.11 Å². The molecule has 1 fully saturated rings. The van der Waals surface area contributed by atoms with Crippen molar-refractivity contribution in [2.45, 2.75) is 81.9 Å². The molecular formula is C34H41N3O9SSi. The number of ether oxygens (including phenoxy) is 3. The van der Waals surface area contributed by atoms with E-state index in [1.54, 1.807) is 12.1 Å². The summed E-state index contributed by atoms with van der Waals surface area (Å²) < 4.78 is 56.3. The largest absolute Gasteiger partial charge is 0.455 e. The van der Waals surface area contributed by atoms with Crippen molar-refractivity contribution in [3.63, 3.8) is 0 Å². The Morgan fingerprint density at radius 1 is 0.917 bits per heavy atom. The molecule has 1 saturated heterocycles. The maximum Gasteiger partial charge on any atom is 0.305 e. The van der Waals surface area contributed by atoms with Crippen LogP contribution in [0.2, 0.25) is 5.04 Å². The van der Waals surface area contributed by atoms with Gasteiger partial charge in [-0.05, 0) is 40.0 Å². The van der Waals surface area contributed by atoms with Crippen LogP contribution in [-0.2, 0) is 42.5 Å². The molecule has 0 aromatic heterocycles. The lowest BCUT2D eigenvalue weighted by atomic mass is 9.91. The highest BCUT2D eigenvalue weighted by Gasteiger charge is 2.60. The molecule has 0 spiro atoms. The molecule has 1 unspecified atom stereocenters. The van der Waals surface area contributed by atoms with Crippen molar-refractivity contribution in [3.8, 4) is 0 Å². The minimum absolute atomic E-state index is 0.0415. The Balaban J connectivity index is 1.83. The van der Waals surface area contributed by atoms with Crippen LogP contribution in [0.1, 0.15) is 46.6 Å². The van der Waals surface area contributed by atoms with E-state index in [9.17, 15) is 23.5 Å². The van der Waals surface area contributed by atoms with Crippen LogP contribution in [0.15, 0.2) is 94.9 Å². The molecule has 1 aliphatic heterocycles. The van der Waals surface area contributed by atoms with Gasteiger partial charge in [0, 0.05) is 25.2 Å². The van der Waals surface area contributed by atoms with E-state index in [1.165, 1.54) is 12.1 Å². The highest BCUT2D eigenvalue weighted by molar-refractivity contribution is 7.86. The summed E-state index contributed by atoms with van der Waals surface area (Å²) in [6, 6.07) is 24.4. The molecule has 3 aromatic rings. The summed E-state index contributed by atoms with van der Waals surface area (Å²) in [4.78, 5) is 27.4. The van der Waals surface area contributed by atoms with Crippen molar-refractivity contribution in [1.82, 2.24) is 0 Å². The highest BCUT2D eigenvalue weighted by atomic mass is 32.2. The summed E-state index contributed by atoms with van der Waals surface area (Å²) in [6.45, 7) is 9.68. The standard InChI is InChI=1S/C34H41N3O9SSi/c1-24-17-19-27(20-18-24)47(40,41)42-22-21-34(31(36-37-35)30(44-25(2)38)32(46-34)45-26(3)39)23-43-48(33(4,5)6,28-13-9-7-10-14-28)29-15-11-8-12-16-29/h7-20,30-32H,21-23H2,1-6H3/t30-,31+,32?,34-/m1/s1. The van der Waals surface area contributed by atoms with Crippen molar-refractivity contribution >= 4 is 40.7 Å². The molecule has 12 nitrogen and oxygen atoms in total. The van der Waals surface area contributed by atoms with Crippen molar-refractivity contribution in [1.29, 1.82) is 0 Å². The summed E-state index contributed by atoms with van der Waals surface area (Å²) in [7, 11) is -7.45. The summed E-state index contributed by atoms with van der Waals surface area (Å²) in [5.41, 5.74) is 8.91. The third kappa shape index (κ3) is 7.97. The lowest BCUT2D eigenvalue weighted by Gasteiger charge is -2.45. The number of carbonyl (C=O) groups is 2. The number of nitrogens with zero attached hydrogens (tertiary/aromatic N) is 3. The highest BCUT2D eigenvalue weighted by Crippen LogP contribution is 2.43. The first kappa shape index (κ1) is 36.8. The Kier molecular flexibility index (Phi) is 11.5. The van der Waals surface area contributed by atoms with Gasteiger partial charge >= 0.3 is 11.9 Å². The van der Waals surface area contributed by atoms with Gasteiger partial charge in [-0.15, -0.1) is 0 Å². The van der Waals surface area contributed by atoms with Crippen LogP contribution in [-0.4, -0.2) is 65.9 Å². The zero-order chi connectivity index (χ0) is 35.2. The van der Waals surface area contributed by atoms with Gasteiger partial charge in [-0.1, -0.05) is 104 Å². The zero-order valence-corrected chi connectivity index (χ0v) is 29.7. The number of aryl methyl sites for hydroxylation is 1. The monoisotopic (exact) mass is 695 g/mol. The maximum absolute atomic E-state index is 13.2. The number of esters is 2. The van der Waals surface area contributed by atoms with Gasteiger partial charge in [-0.3, -0.25) is 13.8 Å². The Labute approximate surface area is 282 Å². The number of carbonyl (C=O) groups excluding carboxylic acids is 2. The number of hydrogen-bond donors (Lipinski definition) is 0. The average molecular weight is 696 g/mol. The van der Waals surface area contributed by atoms with Gasteiger partial charge in [0.1, 0.15) is 11.6 Å². The molecule has 0 aliphatic carbocycles. The minimum atomic E-state index is -4.20. The second-order valence-electron chi connectivity index (χ2n) is 12.7. The second-order valence-corrected chi connectivity index (χ2v) is 18.6. The number of benzene rings is 3. The molecule has 0 saturated carbocycles. The predicted octanol–water partition coefficient (Wildman–Crippen LogP) is 4.94. The molecule has 256 valence electrons. The van der Waals surface area contributed by atoms with E-state index >= 15 is 0 Å². The Morgan fingerprint density at radius 3 is 1.94 bits per heavy atom. The Bertz CT molecular complexity index is 1690. The van der Waals surface area contributed by atoms with Gasteiger partial charge in [0.15, 0.2) is 6.10 Å². The number of rotatable bonds is 13. The van der Waals surface area contributed by atoms with Gasteiger partial charge in [0.2, 0.25) is 6.29 Å². The molecule has 1 heterocycles. The van der Waals surface area contributed by atoms with Crippen LogP contribution in [0, 0.1) is 6.92 Å². The quantitative estimate of drug-likeness (QED) is 0.0602.